The molecule has 6 heteroatoms. The van der Waals surface area contributed by atoms with Crippen LogP contribution in [0.25, 0.3) is 5.70 Å². The third-order valence-corrected chi connectivity index (χ3v) is 3.96. The molecule has 1 aromatic heterocycles. The number of rotatable bonds is 3. The Labute approximate surface area is 145 Å². The second-order valence-corrected chi connectivity index (χ2v) is 5.58. The van der Waals surface area contributed by atoms with Crippen LogP contribution in [-0.2, 0) is 10.3 Å². The number of aromatic nitrogens is 1. The number of hydrogen-bond donors (Lipinski definition) is 2. The lowest BCUT2D eigenvalue weighted by molar-refractivity contribution is 0.172. The zero-order chi connectivity index (χ0) is 17.9. The summed E-state index contributed by atoms with van der Waals surface area (Å²) >= 11 is 0. The molecular weight excluding hydrogens is 316 g/mol. The molecular formula is C19H16N4O2. The molecule has 0 spiro atoms. The molecule has 0 fully saturated rings. The molecule has 2 aromatic rings. The molecule has 1 unspecified atom stereocenters. The van der Waals surface area contributed by atoms with Gasteiger partial charge in [-0.3, -0.25) is 4.98 Å². The Morgan fingerprint density at radius 2 is 2.04 bits per heavy atom. The van der Waals surface area contributed by atoms with Gasteiger partial charge in [-0.1, -0.05) is 30.3 Å². The molecule has 2 heterocycles. The number of ether oxygens (including phenoxy) is 1. The van der Waals surface area contributed by atoms with Crippen molar-refractivity contribution in [1.82, 2.24) is 10.3 Å². The first-order chi connectivity index (χ1) is 12.1. The van der Waals surface area contributed by atoms with Gasteiger partial charge in [-0.05, 0) is 36.3 Å². The van der Waals surface area contributed by atoms with Crippen LogP contribution >= 0.6 is 0 Å². The third-order valence-electron chi connectivity index (χ3n) is 3.96. The van der Waals surface area contributed by atoms with E-state index in [9.17, 15) is 10.1 Å². The van der Waals surface area contributed by atoms with Crippen molar-refractivity contribution in [2.24, 2.45) is 5.73 Å². The number of dihydropyridines is 1. The van der Waals surface area contributed by atoms with Gasteiger partial charge in [-0.15, -0.1) is 0 Å². The summed E-state index contributed by atoms with van der Waals surface area (Å²) in [6, 6.07) is 15.0. The standard InChI is InChI=1S/C19H16N4O2/c1-13-10-16(25-18(21)24)19(12-20,15-7-3-2-4-8-15)23-17(13)14-6-5-9-22-11-14/h2-11,23H,1H3,(H2,21,24). The molecule has 1 amide bonds. The van der Waals surface area contributed by atoms with Gasteiger partial charge in [-0.25, -0.2) is 4.79 Å². The van der Waals surface area contributed by atoms with Crippen molar-refractivity contribution >= 4 is 11.8 Å². The van der Waals surface area contributed by atoms with E-state index in [1.165, 1.54) is 0 Å². The third kappa shape index (κ3) is 2.95. The van der Waals surface area contributed by atoms with Crippen LogP contribution in [-0.4, -0.2) is 11.1 Å². The molecule has 0 saturated carbocycles. The van der Waals surface area contributed by atoms with E-state index in [2.05, 4.69) is 16.4 Å². The van der Waals surface area contributed by atoms with Gasteiger partial charge in [0.15, 0.2) is 5.76 Å². The highest BCUT2D eigenvalue weighted by Crippen LogP contribution is 2.38. The van der Waals surface area contributed by atoms with Crippen LogP contribution in [0.1, 0.15) is 18.1 Å². The number of carbonyl (C=O) groups is 1. The van der Waals surface area contributed by atoms with Crippen molar-refractivity contribution in [3.63, 3.8) is 0 Å². The number of hydrogen-bond acceptors (Lipinski definition) is 5. The fourth-order valence-corrected chi connectivity index (χ4v) is 2.80. The number of pyridine rings is 1. The molecule has 6 nitrogen and oxygen atoms in total. The lowest BCUT2D eigenvalue weighted by Crippen LogP contribution is -2.45. The van der Waals surface area contributed by atoms with Crippen LogP contribution in [0.5, 0.6) is 0 Å². The van der Waals surface area contributed by atoms with Crippen molar-refractivity contribution in [3.8, 4) is 6.07 Å². The molecule has 0 aliphatic carbocycles. The van der Waals surface area contributed by atoms with Gasteiger partial charge in [0.05, 0.1) is 0 Å². The van der Waals surface area contributed by atoms with Crippen LogP contribution in [0.3, 0.4) is 0 Å². The number of nitrogens with one attached hydrogen (secondary N) is 1. The predicted octanol–water partition coefficient (Wildman–Crippen LogP) is 2.81. The van der Waals surface area contributed by atoms with Gasteiger partial charge in [0.1, 0.15) is 6.07 Å². The zero-order valence-corrected chi connectivity index (χ0v) is 13.6. The van der Waals surface area contributed by atoms with Crippen molar-refractivity contribution in [2.45, 2.75) is 12.5 Å². The molecule has 1 aliphatic heterocycles. The molecule has 0 bridgehead atoms. The number of nitriles is 1. The van der Waals surface area contributed by atoms with E-state index in [0.717, 1.165) is 16.8 Å². The Hall–Kier alpha value is -3.59. The lowest BCUT2D eigenvalue weighted by Gasteiger charge is -2.35. The van der Waals surface area contributed by atoms with Crippen molar-refractivity contribution in [1.29, 1.82) is 5.26 Å². The van der Waals surface area contributed by atoms with E-state index in [4.69, 9.17) is 10.5 Å². The van der Waals surface area contributed by atoms with Crippen LogP contribution in [0.4, 0.5) is 4.79 Å². The molecule has 1 aromatic carbocycles. The Kier molecular flexibility index (Phi) is 4.23. The number of nitrogens with zero attached hydrogens (tertiary/aromatic N) is 2. The summed E-state index contributed by atoms with van der Waals surface area (Å²) in [6.07, 6.45) is 4.06. The summed E-state index contributed by atoms with van der Waals surface area (Å²) in [5.74, 6) is 0.138. The normalized spacial score (nSPS) is 19.4. The zero-order valence-electron chi connectivity index (χ0n) is 13.6. The number of benzene rings is 1. The van der Waals surface area contributed by atoms with Gasteiger partial charge >= 0.3 is 6.09 Å². The number of nitrogens with two attached hydrogens (primary N) is 1. The summed E-state index contributed by atoms with van der Waals surface area (Å²) in [5.41, 5.74) is 6.82. The van der Waals surface area contributed by atoms with Crippen LogP contribution < -0.4 is 11.1 Å². The van der Waals surface area contributed by atoms with E-state index in [-0.39, 0.29) is 5.76 Å². The Morgan fingerprint density at radius 3 is 2.64 bits per heavy atom. The highest BCUT2D eigenvalue weighted by molar-refractivity contribution is 5.75. The predicted molar refractivity (Wildman–Crippen MR) is 92.5 cm³/mol. The van der Waals surface area contributed by atoms with E-state index in [0.29, 0.717) is 5.56 Å². The minimum Gasteiger partial charge on any atom is -0.411 e. The lowest BCUT2D eigenvalue weighted by atomic mass is 9.84. The monoisotopic (exact) mass is 332 g/mol. The van der Waals surface area contributed by atoms with Crippen LogP contribution in [0, 0.1) is 11.3 Å². The van der Waals surface area contributed by atoms with Gasteiger partial charge in [0.25, 0.3) is 0 Å². The topological polar surface area (TPSA) is 101 Å². The first-order valence-corrected chi connectivity index (χ1v) is 7.62. The Bertz CT molecular complexity index is 898. The quantitative estimate of drug-likeness (QED) is 0.900. The molecule has 25 heavy (non-hydrogen) atoms. The Morgan fingerprint density at radius 1 is 1.28 bits per heavy atom. The van der Waals surface area contributed by atoms with Gasteiger partial charge < -0.3 is 15.8 Å². The van der Waals surface area contributed by atoms with Crippen molar-refractivity contribution in [2.75, 3.05) is 0 Å². The summed E-state index contributed by atoms with van der Waals surface area (Å²) in [4.78, 5) is 15.5. The summed E-state index contributed by atoms with van der Waals surface area (Å²) in [5, 5.41) is 13.2. The first kappa shape index (κ1) is 16.3. The average molecular weight is 332 g/mol. The Balaban J connectivity index is 2.19. The average Bonchev–Trinajstić information content (AvgIpc) is 2.63. The van der Waals surface area contributed by atoms with Gasteiger partial charge in [-0.2, -0.15) is 5.26 Å². The second kappa shape index (κ2) is 6.49. The SMILES string of the molecule is CC1=C(c2cccnc2)NC(C#N)(c2ccccc2)C(OC(N)=O)=C1. The summed E-state index contributed by atoms with van der Waals surface area (Å²) in [6.45, 7) is 1.85. The molecule has 1 aliphatic rings. The number of amides is 1. The van der Waals surface area contributed by atoms with Gasteiger partial charge in [0.2, 0.25) is 5.54 Å². The second-order valence-electron chi connectivity index (χ2n) is 5.58. The molecule has 0 radical (unpaired) electrons. The van der Waals surface area contributed by atoms with E-state index in [1.54, 1.807) is 30.6 Å². The smallest absolute Gasteiger partial charge is 0.409 e. The maximum Gasteiger partial charge on any atom is 0.409 e. The fraction of sp³-hybridized carbons (Fsp3) is 0.105. The summed E-state index contributed by atoms with van der Waals surface area (Å²) in [7, 11) is 0. The van der Waals surface area contributed by atoms with Crippen LogP contribution in [0.2, 0.25) is 0 Å². The maximum atomic E-state index is 11.4. The fourth-order valence-electron chi connectivity index (χ4n) is 2.80. The maximum absolute atomic E-state index is 11.4. The molecule has 1 atom stereocenters. The van der Waals surface area contributed by atoms with E-state index < -0.39 is 11.6 Å². The highest BCUT2D eigenvalue weighted by Gasteiger charge is 2.42. The number of carbonyl (C=O) groups excluding carboxylic acids is 1. The minimum atomic E-state index is -1.37. The molecule has 124 valence electrons. The molecule has 3 rings (SSSR count). The first-order valence-electron chi connectivity index (χ1n) is 7.62. The molecule has 0 saturated heterocycles. The minimum absolute atomic E-state index is 0.138. The van der Waals surface area contributed by atoms with E-state index in [1.807, 2.05) is 37.3 Å². The molecule has 3 N–H and O–H groups in total. The highest BCUT2D eigenvalue weighted by atomic mass is 16.6. The summed E-state index contributed by atoms with van der Waals surface area (Å²) < 4.78 is 5.17. The van der Waals surface area contributed by atoms with Crippen molar-refractivity contribution < 1.29 is 9.53 Å². The number of allylic oxidation sites excluding steroid dienone is 2. The van der Waals surface area contributed by atoms with Crippen molar-refractivity contribution in [3.05, 3.63) is 83.4 Å². The number of primary amides is 1. The van der Waals surface area contributed by atoms with Crippen LogP contribution in [0.15, 0.2) is 72.3 Å². The van der Waals surface area contributed by atoms with Gasteiger partial charge in [0, 0.05) is 23.7 Å². The van der Waals surface area contributed by atoms with E-state index >= 15 is 0 Å². The largest absolute Gasteiger partial charge is 0.411 e.